The Morgan fingerprint density at radius 2 is 1.89 bits per heavy atom. The van der Waals surface area contributed by atoms with Gasteiger partial charge in [-0.2, -0.15) is 5.10 Å². The third-order valence-electron chi connectivity index (χ3n) is 3.89. The number of amides is 1. The molecule has 0 aliphatic rings. The Balaban J connectivity index is 1.82. The third-order valence-corrected chi connectivity index (χ3v) is 3.89. The Morgan fingerprint density at radius 3 is 2.67 bits per heavy atom. The number of aromatic nitrogens is 2. The number of benzene rings is 2. The number of rotatable bonds is 7. The van der Waals surface area contributed by atoms with Gasteiger partial charge in [0.1, 0.15) is 18.0 Å². The van der Waals surface area contributed by atoms with E-state index in [1.807, 2.05) is 26.0 Å². The van der Waals surface area contributed by atoms with Gasteiger partial charge in [0.05, 0.1) is 30.5 Å². The second kappa shape index (κ2) is 8.35. The summed E-state index contributed by atoms with van der Waals surface area (Å²) in [4.78, 5) is 25.0. The van der Waals surface area contributed by atoms with Gasteiger partial charge in [-0.3, -0.25) is 9.59 Å². The summed E-state index contributed by atoms with van der Waals surface area (Å²) in [6.07, 6.45) is 1.57. The van der Waals surface area contributed by atoms with E-state index in [0.29, 0.717) is 35.8 Å². The molecule has 0 saturated carbocycles. The lowest BCUT2D eigenvalue weighted by Gasteiger charge is -2.14. The first-order chi connectivity index (χ1) is 13.1. The van der Waals surface area contributed by atoms with Crippen LogP contribution in [0, 0.1) is 0 Å². The maximum atomic E-state index is 12.5. The first kappa shape index (κ1) is 18.4. The molecule has 0 aliphatic heterocycles. The van der Waals surface area contributed by atoms with Gasteiger partial charge in [-0.05, 0) is 32.0 Å². The largest absolute Gasteiger partial charge is 0.494 e. The summed E-state index contributed by atoms with van der Waals surface area (Å²) in [6.45, 7) is 4.52. The highest BCUT2D eigenvalue weighted by Gasteiger charge is 2.12. The fourth-order valence-electron chi connectivity index (χ4n) is 2.71. The minimum absolute atomic E-state index is 0.200. The van der Waals surface area contributed by atoms with Crippen molar-refractivity contribution in [1.82, 2.24) is 9.78 Å². The molecule has 1 aromatic heterocycles. The Hall–Kier alpha value is -3.35. The molecule has 0 spiro atoms. The van der Waals surface area contributed by atoms with E-state index in [4.69, 9.17) is 9.47 Å². The van der Waals surface area contributed by atoms with Gasteiger partial charge in [-0.15, -0.1) is 0 Å². The first-order valence-corrected chi connectivity index (χ1v) is 8.76. The normalized spacial score (nSPS) is 10.6. The van der Waals surface area contributed by atoms with Crippen LogP contribution in [0.2, 0.25) is 0 Å². The molecule has 0 saturated heterocycles. The van der Waals surface area contributed by atoms with E-state index in [2.05, 4.69) is 10.4 Å². The Kier molecular flexibility index (Phi) is 5.71. The van der Waals surface area contributed by atoms with Crippen LogP contribution in [0.15, 0.2) is 53.5 Å². The van der Waals surface area contributed by atoms with E-state index in [9.17, 15) is 9.59 Å². The van der Waals surface area contributed by atoms with E-state index in [1.54, 1.807) is 36.5 Å². The van der Waals surface area contributed by atoms with Crippen molar-refractivity contribution in [3.63, 3.8) is 0 Å². The molecular weight excluding hydrogens is 346 g/mol. The van der Waals surface area contributed by atoms with Crippen LogP contribution in [0.4, 0.5) is 5.69 Å². The van der Waals surface area contributed by atoms with Crippen LogP contribution in [-0.2, 0) is 11.3 Å². The molecule has 0 unspecified atom stereocenters. The minimum atomic E-state index is -0.380. The van der Waals surface area contributed by atoms with Crippen LogP contribution in [0.25, 0.3) is 10.8 Å². The van der Waals surface area contributed by atoms with Gasteiger partial charge in [-0.1, -0.05) is 18.2 Å². The van der Waals surface area contributed by atoms with E-state index >= 15 is 0 Å². The molecule has 7 nitrogen and oxygen atoms in total. The number of carbonyl (C=O) groups is 1. The smallest absolute Gasteiger partial charge is 0.275 e. The number of anilines is 1. The molecule has 3 rings (SSSR count). The van der Waals surface area contributed by atoms with Crippen LogP contribution in [0.1, 0.15) is 13.8 Å². The number of fused-ring (bicyclic) bond motifs is 1. The highest BCUT2D eigenvalue weighted by atomic mass is 16.5. The summed E-state index contributed by atoms with van der Waals surface area (Å²) < 4.78 is 12.2. The SMILES string of the molecule is CCOc1ccc(OCC)c(NC(=O)Cn2ncc3ccccc3c2=O)c1. The average molecular weight is 367 g/mol. The van der Waals surface area contributed by atoms with Crippen LogP contribution in [0.3, 0.4) is 0 Å². The number of hydrogen-bond donors (Lipinski definition) is 1. The lowest BCUT2D eigenvalue weighted by atomic mass is 10.2. The number of carbonyl (C=O) groups excluding carboxylic acids is 1. The van der Waals surface area contributed by atoms with E-state index in [-0.39, 0.29) is 18.0 Å². The molecule has 140 valence electrons. The highest BCUT2D eigenvalue weighted by Crippen LogP contribution is 2.29. The minimum Gasteiger partial charge on any atom is -0.494 e. The number of hydrogen-bond acceptors (Lipinski definition) is 5. The quantitative estimate of drug-likeness (QED) is 0.694. The van der Waals surface area contributed by atoms with Crippen molar-refractivity contribution < 1.29 is 14.3 Å². The summed E-state index contributed by atoms with van der Waals surface area (Å²) in [7, 11) is 0. The van der Waals surface area contributed by atoms with Crippen molar-refractivity contribution in [2.24, 2.45) is 0 Å². The Bertz CT molecular complexity index is 1010. The van der Waals surface area contributed by atoms with Crippen LogP contribution in [0.5, 0.6) is 11.5 Å². The van der Waals surface area contributed by atoms with Crippen molar-refractivity contribution >= 4 is 22.4 Å². The number of ether oxygens (including phenoxy) is 2. The zero-order chi connectivity index (χ0) is 19.2. The summed E-state index contributed by atoms with van der Waals surface area (Å²) in [6, 6.07) is 12.4. The van der Waals surface area contributed by atoms with E-state index in [0.717, 1.165) is 10.1 Å². The predicted octanol–water partition coefficient (Wildman–Crippen LogP) is 2.83. The van der Waals surface area contributed by atoms with Gasteiger partial charge in [0.25, 0.3) is 5.56 Å². The van der Waals surface area contributed by atoms with Crippen LogP contribution >= 0.6 is 0 Å². The zero-order valence-corrected chi connectivity index (χ0v) is 15.3. The highest BCUT2D eigenvalue weighted by molar-refractivity contribution is 5.92. The lowest BCUT2D eigenvalue weighted by Crippen LogP contribution is -2.29. The van der Waals surface area contributed by atoms with Crippen molar-refractivity contribution in [3.05, 3.63) is 59.0 Å². The number of nitrogens with zero attached hydrogens (tertiary/aromatic N) is 2. The molecule has 7 heteroatoms. The topological polar surface area (TPSA) is 82.4 Å². The molecule has 1 heterocycles. The molecule has 0 aliphatic carbocycles. The van der Waals surface area contributed by atoms with Crippen molar-refractivity contribution in [3.8, 4) is 11.5 Å². The molecule has 1 N–H and O–H groups in total. The fraction of sp³-hybridized carbons (Fsp3) is 0.250. The maximum Gasteiger partial charge on any atom is 0.275 e. The molecule has 1 amide bonds. The molecule has 0 fully saturated rings. The van der Waals surface area contributed by atoms with Crippen molar-refractivity contribution in [2.45, 2.75) is 20.4 Å². The second-order valence-electron chi connectivity index (χ2n) is 5.77. The average Bonchev–Trinajstić information content (AvgIpc) is 2.67. The standard InChI is InChI=1S/C20H21N3O4/c1-3-26-15-9-10-18(27-4-2)17(11-15)22-19(24)13-23-20(25)16-8-6-5-7-14(16)12-21-23/h5-12H,3-4,13H2,1-2H3,(H,22,24). The monoisotopic (exact) mass is 367 g/mol. The van der Waals surface area contributed by atoms with Crippen molar-refractivity contribution in [1.29, 1.82) is 0 Å². The Morgan fingerprint density at radius 1 is 1.11 bits per heavy atom. The summed E-state index contributed by atoms with van der Waals surface area (Å²) >= 11 is 0. The molecule has 0 bridgehead atoms. The fourth-order valence-corrected chi connectivity index (χ4v) is 2.71. The Labute approximate surface area is 156 Å². The first-order valence-electron chi connectivity index (χ1n) is 8.76. The van der Waals surface area contributed by atoms with Gasteiger partial charge >= 0.3 is 0 Å². The van der Waals surface area contributed by atoms with E-state index < -0.39 is 0 Å². The second-order valence-corrected chi connectivity index (χ2v) is 5.77. The predicted molar refractivity (Wildman–Crippen MR) is 103 cm³/mol. The van der Waals surface area contributed by atoms with Crippen molar-refractivity contribution in [2.75, 3.05) is 18.5 Å². The lowest BCUT2D eigenvalue weighted by molar-refractivity contribution is -0.117. The molecule has 27 heavy (non-hydrogen) atoms. The van der Waals surface area contributed by atoms with Gasteiger partial charge < -0.3 is 14.8 Å². The third kappa shape index (κ3) is 4.25. The molecule has 0 radical (unpaired) electrons. The van der Waals surface area contributed by atoms with Crippen LogP contribution in [-0.4, -0.2) is 28.9 Å². The number of nitrogens with one attached hydrogen (secondary N) is 1. The molecule has 0 atom stereocenters. The molecule has 3 aromatic rings. The summed E-state index contributed by atoms with van der Waals surface area (Å²) in [5.74, 6) is 0.778. The summed E-state index contributed by atoms with van der Waals surface area (Å²) in [5.41, 5.74) is 0.179. The zero-order valence-electron chi connectivity index (χ0n) is 15.3. The maximum absolute atomic E-state index is 12.5. The van der Waals surface area contributed by atoms with E-state index in [1.165, 1.54) is 0 Å². The van der Waals surface area contributed by atoms with Gasteiger partial charge in [0.15, 0.2) is 0 Å². The van der Waals surface area contributed by atoms with Crippen LogP contribution < -0.4 is 20.3 Å². The molecule has 2 aromatic carbocycles. The van der Waals surface area contributed by atoms with Gasteiger partial charge in [0.2, 0.25) is 5.91 Å². The van der Waals surface area contributed by atoms with Gasteiger partial charge in [0, 0.05) is 11.5 Å². The van der Waals surface area contributed by atoms with Gasteiger partial charge in [-0.25, -0.2) is 4.68 Å². The molecular formula is C20H21N3O4. The summed E-state index contributed by atoms with van der Waals surface area (Å²) in [5, 5.41) is 8.12.